The molecule has 0 saturated heterocycles. The van der Waals surface area contributed by atoms with Gasteiger partial charge in [-0.15, -0.1) is 11.3 Å². The number of carbonyl (C=O) groups is 2. The highest BCUT2D eigenvalue weighted by Gasteiger charge is 2.29. The first-order valence-electron chi connectivity index (χ1n) is 8.55. The lowest BCUT2D eigenvalue weighted by molar-refractivity contribution is 0.0601. The standard InChI is InChI=1S/C19H21NO5S2/c1-11-8-9-12-14(10-11)26-18(16(12)19(22)25-2)20-17(21)13-6-4-5-7-15(13)27(3,23)24/h4-7,11H,8-10H2,1-3H3,(H,20,21)/t11-/m0/s1. The van der Waals surface area contributed by atoms with E-state index in [9.17, 15) is 18.0 Å². The monoisotopic (exact) mass is 407 g/mol. The summed E-state index contributed by atoms with van der Waals surface area (Å²) in [5.41, 5.74) is 1.36. The number of amides is 1. The molecule has 1 amide bonds. The predicted octanol–water partition coefficient (Wildman–Crippen LogP) is 3.32. The van der Waals surface area contributed by atoms with Crippen LogP contribution in [0.5, 0.6) is 0 Å². The van der Waals surface area contributed by atoms with Gasteiger partial charge in [0.25, 0.3) is 5.91 Å². The molecule has 3 rings (SSSR count). The summed E-state index contributed by atoms with van der Waals surface area (Å²) in [5.74, 6) is -0.544. The highest BCUT2D eigenvalue weighted by molar-refractivity contribution is 7.90. The van der Waals surface area contributed by atoms with E-state index in [1.165, 1.54) is 30.6 Å². The molecule has 8 heteroatoms. The van der Waals surface area contributed by atoms with Crippen LogP contribution in [-0.4, -0.2) is 33.7 Å². The smallest absolute Gasteiger partial charge is 0.341 e. The summed E-state index contributed by atoms with van der Waals surface area (Å²) in [6.07, 6.45) is 3.63. The minimum atomic E-state index is -3.56. The van der Waals surface area contributed by atoms with Crippen molar-refractivity contribution in [3.8, 4) is 0 Å². The molecule has 0 saturated carbocycles. The number of ether oxygens (including phenoxy) is 1. The number of nitrogens with one attached hydrogen (secondary N) is 1. The Morgan fingerprint density at radius 1 is 1.26 bits per heavy atom. The highest BCUT2D eigenvalue weighted by Crippen LogP contribution is 2.40. The zero-order valence-electron chi connectivity index (χ0n) is 15.4. The Morgan fingerprint density at radius 3 is 2.63 bits per heavy atom. The van der Waals surface area contributed by atoms with Crippen molar-refractivity contribution in [1.82, 2.24) is 0 Å². The van der Waals surface area contributed by atoms with E-state index in [4.69, 9.17) is 4.74 Å². The van der Waals surface area contributed by atoms with Gasteiger partial charge in [-0.25, -0.2) is 13.2 Å². The summed E-state index contributed by atoms with van der Waals surface area (Å²) in [6.45, 7) is 2.15. The van der Waals surface area contributed by atoms with E-state index in [2.05, 4.69) is 12.2 Å². The number of hydrogen-bond donors (Lipinski definition) is 1. The van der Waals surface area contributed by atoms with Crippen LogP contribution in [0, 0.1) is 5.92 Å². The lowest BCUT2D eigenvalue weighted by Gasteiger charge is -2.18. The Labute approximate surface area is 162 Å². The fraction of sp³-hybridized carbons (Fsp3) is 0.368. The number of sulfone groups is 1. The topological polar surface area (TPSA) is 89.5 Å². The molecule has 144 valence electrons. The third-order valence-corrected chi connectivity index (χ3v) is 6.98. The second-order valence-electron chi connectivity index (χ2n) is 6.77. The molecule has 27 heavy (non-hydrogen) atoms. The molecule has 1 aromatic heterocycles. The van der Waals surface area contributed by atoms with Crippen molar-refractivity contribution in [2.24, 2.45) is 5.92 Å². The summed E-state index contributed by atoms with van der Waals surface area (Å²) in [5, 5.41) is 3.15. The van der Waals surface area contributed by atoms with Gasteiger partial charge in [-0.05, 0) is 42.9 Å². The molecule has 6 nitrogen and oxygen atoms in total. The van der Waals surface area contributed by atoms with E-state index in [-0.39, 0.29) is 10.5 Å². The second kappa shape index (κ2) is 7.44. The molecule has 0 unspecified atom stereocenters. The van der Waals surface area contributed by atoms with Crippen molar-refractivity contribution in [2.45, 2.75) is 31.1 Å². The van der Waals surface area contributed by atoms with Crippen LogP contribution in [0.1, 0.15) is 44.5 Å². The van der Waals surface area contributed by atoms with E-state index >= 15 is 0 Å². The van der Waals surface area contributed by atoms with Gasteiger partial charge in [0.2, 0.25) is 0 Å². The summed E-state index contributed by atoms with van der Waals surface area (Å²) in [4.78, 5) is 26.2. The van der Waals surface area contributed by atoms with Crippen molar-refractivity contribution < 1.29 is 22.7 Å². The third kappa shape index (κ3) is 3.91. The molecule has 1 aliphatic rings. The Morgan fingerprint density at radius 2 is 1.96 bits per heavy atom. The molecule has 0 aliphatic heterocycles. The molecular weight excluding hydrogens is 386 g/mol. The first-order valence-corrected chi connectivity index (χ1v) is 11.3. The van der Waals surface area contributed by atoms with Gasteiger partial charge in [0, 0.05) is 11.1 Å². The number of anilines is 1. The SMILES string of the molecule is COC(=O)c1c(NC(=O)c2ccccc2S(C)(=O)=O)sc2c1CC[C@H](C)C2. The van der Waals surface area contributed by atoms with Crippen LogP contribution in [0.2, 0.25) is 0 Å². The van der Waals surface area contributed by atoms with Crippen molar-refractivity contribution in [3.63, 3.8) is 0 Å². The van der Waals surface area contributed by atoms with E-state index in [1.54, 1.807) is 12.1 Å². The average Bonchev–Trinajstić information content (AvgIpc) is 2.97. The first-order chi connectivity index (χ1) is 12.7. The highest BCUT2D eigenvalue weighted by atomic mass is 32.2. The Bertz CT molecular complexity index is 1010. The molecule has 1 heterocycles. The largest absolute Gasteiger partial charge is 0.465 e. The van der Waals surface area contributed by atoms with Gasteiger partial charge in [-0.2, -0.15) is 0 Å². The van der Waals surface area contributed by atoms with E-state index in [1.807, 2.05) is 0 Å². The fourth-order valence-electron chi connectivity index (χ4n) is 3.30. The number of thiophene rings is 1. The third-order valence-electron chi connectivity index (χ3n) is 4.66. The van der Waals surface area contributed by atoms with E-state index in [0.717, 1.165) is 36.0 Å². The van der Waals surface area contributed by atoms with Crippen LogP contribution >= 0.6 is 11.3 Å². The Kier molecular flexibility index (Phi) is 5.39. The van der Waals surface area contributed by atoms with Crippen molar-refractivity contribution in [3.05, 3.63) is 45.8 Å². The van der Waals surface area contributed by atoms with Crippen molar-refractivity contribution in [1.29, 1.82) is 0 Å². The number of esters is 1. The maximum absolute atomic E-state index is 12.8. The minimum absolute atomic E-state index is 0.0444. The first kappa shape index (κ1) is 19.6. The summed E-state index contributed by atoms with van der Waals surface area (Å²) >= 11 is 1.36. The van der Waals surface area contributed by atoms with Gasteiger partial charge in [0.15, 0.2) is 9.84 Å². The summed E-state index contributed by atoms with van der Waals surface area (Å²) in [6, 6.07) is 6.02. The predicted molar refractivity (Wildman–Crippen MR) is 104 cm³/mol. The lowest BCUT2D eigenvalue weighted by atomic mass is 9.88. The number of benzene rings is 1. The molecule has 0 radical (unpaired) electrons. The van der Waals surface area contributed by atoms with E-state index in [0.29, 0.717) is 16.5 Å². The van der Waals surface area contributed by atoms with Gasteiger partial charge in [-0.3, -0.25) is 4.79 Å². The number of methoxy groups -OCH3 is 1. The normalized spacial score (nSPS) is 16.5. The van der Waals surface area contributed by atoms with Gasteiger partial charge in [-0.1, -0.05) is 19.1 Å². The van der Waals surface area contributed by atoms with E-state index < -0.39 is 21.7 Å². The van der Waals surface area contributed by atoms with Gasteiger partial charge in [0.05, 0.1) is 23.1 Å². The van der Waals surface area contributed by atoms with Crippen molar-refractivity contribution >= 4 is 38.1 Å². The molecule has 1 atom stereocenters. The molecule has 0 fully saturated rings. The van der Waals surface area contributed by atoms with Crippen LogP contribution in [-0.2, 0) is 27.4 Å². The van der Waals surface area contributed by atoms with Gasteiger partial charge in [0.1, 0.15) is 5.00 Å². The molecule has 1 aromatic carbocycles. The quantitative estimate of drug-likeness (QED) is 0.786. The van der Waals surface area contributed by atoms with Crippen LogP contribution in [0.15, 0.2) is 29.2 Å². The van der Waals surface area contributed by atoms with Crippen LogP contribution in [0.25, 0.3) is 0 Å². The number of carbonyl (C=O) groups excluding carboxylic acids is 2. The van der Waals surface area contributed by atoms with Crippen LogP contribution < -0.4 is 5.32 Å². The molecular formula is C19H21NO5S2. The molecule has 0 spiro atoms. The summed E-state index contributed by atoms with van der Waals surface area (Å²) in [7, 11) is -2.25. The van der Waals surface area contributed by atoms with Crippen LogP contribution in [0.4, 0.5) is 5.00 Å². The van der Waals surface area contributed by atoms with Gasteiger partial charge < -0.3 is 10.1 Å². The average molecular weight is 408 g/mol. The molecule has 1 N–H and O–H groups in total. The lowest BCUT2D eigenvalue weighted by Crippen LogP contribution is -2.18. The van der Waals surface area contributed by atoms with Crippen molar-refractivity contribution in [2.75, 3.05) is 18.7 Å². The molecule has 1 aliphatic carbocycles. The second-order valence-corrected chi connectivity index (χ2v) is 9.86. The van der Waals surface area contributed by atoms with Crippen LogP contribution in [0.3, 0.4) is 0 Å². The Balaban J connectivity index is 2.02. The maximum atomic E-state index is 12.8. The number of hydrogen-bond acceptors (Lipinski definition) is 6. The maximum Gasteiger partial charge on any atom is 0.341 e. The Hall–Kier alpha value is -2.19. The number of fused-ring (bicyclic) bond motifs is 1. The molecule has 0 bridgehead atoms. The zero-order valence-corrected chi connectivity index (χ0v) is 17.0. The summed E-state index contributed by atoms with van der Waals surface area (Å²) < 4.78 is 28.9. The fourth-order valence-corrected chi connectivity index (χ4v) is 5.58. The molecule has 2 aromatic rings. The van der Waals surface area contributed by atoms with Gasteiger partial charge >= 0.3 is 5.97 Å². The minimum Gasteiger partial charge on any atom is -0.465 e. The zero-order chi connectivity index (χ0) is 19.8. The number of rotatable bonds is 4.